The summed E-state index contributed by atoms with van der Waals surface area (Å²) < 4.78 is 0. The van der Waals surface area contributed by atoms with E-state index in [4.69, 9.17) is 0 Å². The first kappa shape index (κ1) is 12.1. The van der Waals surface area contributed by atoms with Gasteiger partial charge in [-0.05, 0) is 45.0 Å². The first-order chi connectivity index (χ1) is 7.79. The van der Waals surface area contributed by atoms with Crippen molar-refractivity contribution in [3.8, 4) is 0 Å². The van der Waals surface area contributed by atoms with E-state index in [9.17, 15) is 0 Å². The molecule has 0 aliphatic carbocycles. The summed E-state index contributed by atoms with van der Waals surface area (Å²) in [5.74, 6) is 0. The second kappa shape index (κ2) is 5.80. The van der Waals surface area contributed by atoms with Gasteiger partial charge in [-0.3, -0.25) is 4.90 Å². The van der Waals surface area contributed by atoms with Crippen molar-refractivity contribution < 1.29 is 0 Å². The van der Waals surface area contributed by atoms with Gasteiger partial charge in [0.2, 0.25) is 0 Å². The molecular formula is C13H22N2S. The van der Waals surface area contributed by atoms with Crippen LogP contribution in [0.3, 0.4) is 0 Å². The van der Waals surface area contributed by atoms with E-state index in [-0.39, 0.29) is 0 Å². The second-order valence-corrected chi connectivity index (χ2v) is 5.86. The lowest BCUT2D eigenvalue weighted by Gasteiger charge is -2.19. The third-order valence-electron chi connectivity index (χ3n) is 3.32. The quantitative estimate of drug-likeness (QED) is 0.848. The summed E-state index contributed by atoms with van der Waals surface area (Å²) in [6.07, 6.45) is 2.74. The molecule has 16 heavy (non-hydrogen) atoms. The highest BCUT2D eigenvalue weighted by atomic mass is 32.1. The van der Waals surface area contributed by atoms with Crippen molar-refractivity contribution >= 4 is 11.3 Å². The van der Waals surface area contributed by atoms with Crippen molar-refractivity contribution in [2.24, 2.45) is 0 Å². The predicted octanol–water partition coefficient (Wildman–Crippen LogP) is 2.84. The van der Waals surface area contributed by atoms with Crippen molar-refractivity contribution in [2.75, 3.05) is 13.1 Å². The molecule has 0 aromatic carbocycles. The van der Waals surface area contributed by atoms with Crippen LogP contribution in [0.15, 0.2) is 12.1 Å². The fourth-order valence-corrected chi connectivity index (χ4v) is 3.29. The zero-order chi connectivity index (χ0) is 11.4. The van der Waals surface area contributed by atoms with E-state index in [2.05, 4.69) is 36.2 Å². The van der Waals surface area contributed by atoms with Gasteiger partial charge in [-0.25, -0.2) is 0 Å². The molecule has 90 valence electrons. The smallest absolute Gasteiger partial charge is 0.0330 e. The summed E-state index contributed by atoms with van der Waals surface area (Å²) >= 11 is 1.96. The van der Waals surface area contributed by atoms with Crippen molar-refractivity contribution in [3.63, 3.8) is 0 Å². The van der Waals surface area contributed by atoms with Crippen LogP contribution in [0.5, 0.6) is 0 Å². The molecule has 2 rings (SSSR count). The van der Waals surface area contributed by atoms with Crippen LogP contribution in [-0.2, 0) is 13.1 Å². The van der Waals surface area contributed by atoms with Gasteiger partial charge in [0.15, 0.2) is 0 Å². The van der Waals surface area contributed by atoms with Gasteiger partial charge < -0.3 is 5.32 Å². The third kappa shape index (κ3) is 3.06. The maximum atomic E-state index is 3.38. The molecule has 0 bridgehead atoms. The average molecular weight is 238 g/mol. The molecule has 2 heterocycles. The number of hydrogen-bond donors (Lipinski definition) is 1. The van der Waals surface area contributed by atoms with Gasteiger partial charge >= 0.3 is 0 Å². The summed E-state index contributed by atoms with van der Waals surface area (Å²) in [5, 5.41) is 3.38. The molecule has 1 aromatic rings. The fraction of sp³-hybridized carbons (Fsp3) is 0.692. The molecule has 1 N–H and O–H groups in total. The standard InChI is InChI=1S/C13H22N2S/c1-3-14-9-12-6-7-13(16-12)10-15-8-4-5-11(15)2/h6-7,11,14H,3-5,8-10H2,1-2H3. The molecule has 0 saturated carbocycles. The minimum atomic E-state index is 0.777. The van der Waals surface area contributed by atoms with Crippen molar-refractivity contribution in [1.29, 1.82) is 0 Å². The number of rotatable bonds is 5. The van der Waals surface area contributed by atoms with E-state index in [1.165, 1.54) is 29.1 Å². The maximum absolute atomic E-state index is 3.38. The first-order valence-corrected chi connectivity index (χ1v) is 7.13. The Bertz CT molecular complexity index is 321. The number of likely N-dealkylation sites (tertiary alicyclic amines) is 1. The van der Waals surface area contributed by atoms with Crippen LogP contribution in [0.1, 0.15) is 36.4 Å². The van der Waals surface area contributed by atoms with Crippen LogP contribution in [0.2, 0.25) is 0 Å². The Morgan fingerprint density at radius 2 is 2.25 bits per heavy atom. The monoisotopic (exact) mass is 238 g/mol. The van der Waals surface area contributed by atoms with E-state index in [1.54, 1.807) is 0 Å². The van der Waals surface area contributed by atoms with Gasteiger partial charge in [-0.2, -0.15) is 0 Å². The largest absolute Gasteiger partial charge is 0.312 e. The Morgan fingerprint density at radius 1 is 1.44 bits per heavy atom. The average Bonchev–Trinajstić information content (AvgIpc) is 2.87. The van der Waals surface area contributed by atoms with E-state index in [1.807, 2.05) is 11.3 Å². The molecule has 0 amide bonds. The highest BCUT2D eigenvalue weighted by Crippen LogP contribution is 2.23. The second-order valence-electron chi connectivity index (χ2n) is 4.61. The van der Waals surface area contributed by atoms with Gasteiger partial charge in [-0.1, -0.05) is 6.92 Å². The van der Waals surface area contributed by atoms with Crippen molar-refractivity contribution in [3.05, 3.63) is 21.9 Å². The van der Waals surface area contributed by atoms with Crippen LogP contribution in [0, 0.1) is 0 Å². The van der Waals surface area contributed by atoms with Crippen LogP contribution in [-0.4, -0.2) is 24.0 Å². The minimum absolute atomic E-state index is 0.777. The summed E-state index contributed by atoms with van der Waals surface area (Å²) in [4.78, 5) is 5.58. The Morgan fingerprint density at radius 3 is 2.94 bits per heavy atom. The lowest BCUT2D eigenvalue weighted by molar-refractivity contribution is 0.262. The van der Waals surface area contributed by atoms with Crippen molar-refractivity contribution in [2.45, 2.75) is 45.8 Å². The zero-order valence-corrected chi connectivity index (χ0v) is 11.1. The molecule has 1 aliphatic rings. The highest BCUT2D eigenvalue weighted by Gasteiger charge is 2.20. The minimum Gasteiger partial charge on any atom is -0.312 e. The number of nitrogens with one attached hydrogen (secondary N) is 1. The van der Waals surface area contributed by atoms with Gasteiger partial charge in [0.05, 0.1) is 0 Å². The molecule has 1 aliphatic heterocycles. The molecule has 1 fully saturated rings. The molecule has 1 unspecified atom stereocenters. The summed E-state index contributed by atoms with van der Waals surface area (Å²) in [6.45, 7) is 9.01. The molecule has 0 radical (unpaired) electrons. The third-order valence-corrected chi connectivity index (χ3v) is 4.39. The lowest BCUT2D eigenvalue weighted by Crippen LogP contribution is -2.25. The first-order valence-electron chi connectivity index (χ1n) is 6.32. The van der Waals surface area contributed by atoms with E-state index in [0.717, 1.165) is 25.7 Å². The Labute approximate surface area is 103 Å². The number of thiophene rings is 1. The van der Waals surface area contributed by atoms with Gasteiger partial charge in [0.25, 0.3) is 0 Å². The molecule has 1 atom stereocenters. The van der Waals surface area contributed by atoms with E-state index < -0.39 is 0 Å². The summed E-state index contributed by atoms with van der Waals surface area (Å²) in [5.41, 5.74) is 0. The lowest BCUT2D eigenvalue weighted by atomic mass is 10.2. The zero-order valence-electron chi connectivity index (χ0n) is 10.3. The van der Waals surface area contributed by atoms with Gasteiger partial charge in [-0.15, -0.1) is 11.3 Å². The normalized spacial score (nSPS) is 21.8. The molecule has 2 nitrogen and oxygen atoms in total. The fourth-order valence-electron chi connectivity index (χ4n) is 2.28. The Kier molecular flexibility index (Phi) is 4.38. The number of nitrogens with zero attached hydrogens (tertiary/aromatic N) is 1. The summed E-state index contributed by atoms with van der Waals surface area (Å²) in [7, 11) is 0. The predicted molar refractivity (Wildman–Crippen MR) is 70.8 cm³/mol. The van der Waals surface area contributed by atoms with Crippen LogP contribution in [0.25, 0.3) is 0 Å². The molecule has 0 spiro atoms. The van der Waals surface area contributed by atoms with E-state index >= 15 is 0 Å². The summed E-state index contributed by atoms with van der Waals surface area (Å²) in [6, 6.07) is 5.34. The number of hydrogen-bond acceptors (Lipinski definition) is 3. The van der Waals surface area contributed by atoms with Crippen LogP contribution >= 0.6 is 11.3 Å². The molecule has 3 heteroatoms. The maximum Gasteiger partial charge on any atom is 0.0330 e. The van der Waals surface area contributed by atoms with Gasteiger partial charge in [0, 0.05) is 28.9 Å². The van der Waals surface area contributed by atoms with Crippen LogP contribution in [0.4, 0.5) is 0 Å². The highest BCUT2D eigenvalue weighted by molar-refractivity contribution is 7.11. The molecule has 1 saturated heterocycles. The van der Waals surface area contributed by atoms with E-state index in [0.29, 0.717) is 0 Å². The molecule has 1 aromatic heterocycles. The Balaban J connectivity index is 1.87. The molecular weight excluding hydrogens is 216 g/mol. The van der Waals surface area contributed by atoms with Crippen LogP contribution < -0.4 is 5.32 Å². The van der Waals surface area contributed by atoms with Gasteiger partial charge in [0.1, 0.15) is 0 Å². The Hall–Kier alpha value is -0.380. The topological polar surface area (TPSA) is 15.3 Å². The SMILES string of the molecule is CCNCc1ccc(CN2CCCC2C)s1. The van der Waals surface area contributed by atoms with Crippen molar-refractivity contribution in [1.82, 2.24) is 10.2 Å².